The largest absolute Gasteiger partial charge is 0.370 e. The molecule has 128 valence electrons. The zero-order valence-electron chi connectivity index (χ0n) is 13.7. The molecule has 23 heavy (non-hydrogen) atoms. The van der Waals surface area contributed by atoms with E-state index < -0.39 is 0 Å². The van der Waals surface area contributed by atoms with E-state index >= 15 is 0 Å². The number of hydrogen-bond acceptors (Lipinski definition) is 3. The van der Waals surface area contributed by atoms with E-state index in [1.807, 2.05) is 18.2 Å². The van der Waals surface area contributed by atoms with Crippen LogP contribution in [-0.2, 0) is 0 Å². The smallest absolute Gasteiger partial charge is 0.194 e. The van der Waals surface area contributed by atoms with Gasteiger partial charge in [-0.1, -0.05) is 25.3 Å². The van der Waals surface area contributed by atoms with Crippen LogP contribution in [0.3, 0.4) is 0 Å². The first-order valence-electron chi connectivity index (χ1n) is 8.56. The van der Waals surface area contributed by atoms with Crippen LogP contribution in [0.25, 0.3) is 0 Å². The van der Waals surface area contributed by atoms with Crippen LogP contribution >= 0.6 is 24.0 Å². The molecule has 0 aromatic carbocycles. The lowest BCUT2D eigenvalue weighted by Crippen LogP contribution is -2.42. The average molecular weight is 429 g/mol. The monoisotopic (exact) mass is 429 g/mol. The summed E-state index contributed by atoms with van der Waals surface area (Å²) in [5, 5.41) is 3.06. The second-order valence-corrected chi connectivity index (χ2v) is 6.39. The van der Waals surface area contributed by atoms with Crippen LogP contribution in [0, 0.1) is 0 Å². The lowest BCUT2D eigenvalue weighted by Gasteiger charge is -2.35. The fourth-order valence-electron chi connectivity index (χ4n) is 3.76. The molecule has 3 N–H and O–H groups in total. The average Bonchev–Trinajstić information content (AvgIpc) is 3.03. The Morgan fingerprint density at radius 3 is 2.78 bits per heavy atom. The van der Waals surface area contributed by atoms with Gasteiger partial charge in [0.1, 0.15) is 5.82 Å². The van der Waals surface area contributed by atoms with E-state index in [2.05, 4.69) is 20.2 Å². The van der Waals surface area contributed by atoms with Gasteiger partial charge in [-0.3, -0.25) is 9.89 Å². The van der Waals surface area contributed by atoms with Crippen molar-refractivity contribution in [3.05, 3.63) is 24.4 Å². The van der Waals surface area contributed by atoms with Gasteiger partial charge in [-0.25, -0.2) is 4.98 Å². The van der Waals surface area contributed by atoms with Crippen molar-refractivity contribution in [1.29, 1.82) is 0 Å². The summed E-state index contributed by atoms with van der Waals surface area (Å²) in [6.45, 7) is 2.03. The molecule has 5 nitrogen and oxygen atoms in total. The van der Waals surface area contributed by atoms with Gasteiger partial charge < -0.3 is 11.1 Å². The second kappa shape index (κ2) is 9.42. The molecule has 2 heterocycles. The molecule has 1 aliphatic heterocycles. The lowest BCUT2D eigenvalue weighted by molar-refractivity contribution is 0.145. The maximum Gasteiger partial charge on any atom is 0.194 e. The molecule has 0 spiro atoms. The summed E-state index contributed by atoms with van der Waals surface area (Å²) in [6, 6.07) is 7.06. The van der Waals surface area contributed by atoms with Crippen LogP contribution < -0.4 is 11.1 Å². The zero-order chi connectivity index (χ0) is 15.2. The molecule has 1 aromatic heterocycles. The number of hydrogen-bond donors (Lipinski definition) is 2. The number of nitrogens with one attached hydrogen (secondary N) is 1. The summed E-state index contributed by atoms with van der Waals surface area (Å²) in [4.78, 5) is 11.4. The Hall–Kier alpha value is -0.890. The fourth-order valence-corrected chi connectivity index (χ4v) is 3.76. The summed E-state index contributed by atoms with van der Waals surface area (Å²) in [7, 11) is 0. The van der Waals surface area contributed by atoms with Gasteiger partial charge in [0, 0.05) is 18.3 Å². The van der Waals surface area contributed by atoms with E-state index in [1.165, 1.54) is 51.5 Å². The summed E-state index contributed by atoms with van der Waals surface area (Å²) < 4.78 is 0. The summed E-state index contributed by atoms with van der Waals surface area (Å²) in [5.74, 6) is 1.22. The van der Waals surface area contributed by atoms with Gasteiger partial charge in [0.2, 0.25) is 0 Å². The quantitative estimate of drug-likeness (QED) is 0.438. The number of aromatic nitrogens is 1. The van der Waals surface area contributed by atoms with Crippen LogP contribution in [0.4, 0.5) is 5.82 Å². The van der Waals surface area contributed by atoms with Crippen LogP contribution in [0.1, 0.15) is 44.9 Å². The molecular weight excluding hydrogens is 401 g/mol. The Bertz CT molecular complexity index is 487. The lowest BCUT2D eigenvalue weighted by atomic mass is 9.94. The van der Waals surface area contributed by atoms with Gasteiger partial charge in [0.15, 0.2) is 5.96 Å². The van der Waals surface area contributed by atoms with E-state index in [0.29, 0.717) is 12.0 Å². The predicted molar refractivity (Wildman–Crippen MR) is 106 cm³/mol. The Labute approximate surface area is 156 Å². The van der Waals surface area contributed by atoms with Crippen LogP contribution in [0.5, 0.6) is 0 Å². The van der Waals surface area contributed by atoms with Gasteiger partial charge >= 0.3 is 0 Å². The number of pyridine rings is 1. The molecule has 1 unspecified atom stereocenters. The normalized spacial score (nSPS) is 23.5. The van der Waals surface area contributed by atoms with Crippen molar-refractivity contribution < 1.29 is 0 Å². The SMILES string of the molecule is I.NC(=NCC1CCCN1C1CCCCC1)Nc1ccccn1. The number of rotatable bonds is 4. The Morgan fingerprint density at radius 1 is 1.22 bits per heavy atom. The Morgan fingerprint density at radius 2 is 2.04 bits per heavy atom. The third-order valence-corrected chi connectivity index (χ3v) is 4.86. The molecule has 0 bridgehead atoms. The van der Waals surface area contributed by atoms with E-state index in [1.54, 1.807) is 6.20 Å². The van der Waals surface area contributed by atoms with Crippen molar-refractivity contribution in [3.63, 3.8) is 0 Å². The summed E-state index contributed by atoms with van der Waals surface area (Å²) >= 11 is 0. The number of guanidine groups is 1. The summed E-state index contributed by atoms with van der Waals surface area (Å²) in [6.07, 6.45) is 11.2. The maximum absolute atomic E-state index is 5.99. The van der Waals surface area contributed by atoms with Gasteiger partial charge in [0.25, 0.3) is 0 Å². The third-order valence-electron chi connectivity index (χ3n) is 4.86. The van der Waals surface area contributed by atoms with E-state index in [9.17, 15) is 0 Å². The van der Waals surface area contributed by atoms with Crippen molar-refractivity contribution in [2.24, 2.45) is 10.7 Å². The molecule has 1 aliphatic carbocycles. The first kappa shape index (κ1) is 18.4. The van der Waals surface area contributed by atoms with Gasteiger partial charge in [-0.2, -0.15) is 0 Å². The van der Waals surface area contributed by atoms with Crippen LogP contribution in [0.2, 0.25) is 0 Å². The van der Waals surface area contributed by atoms with E-state index in [-0.39, 0.29) is 24.0 Å². The molecular formula is C17H28IN5. The van der Waals surface area contributed by atoms with Crippen LogP contribution in [-0.4, -0.2) is 41.0 Å². The molecule has 2 fully saturated rings. The first-order valence-corrected chi connectivity index (χ1v) is 8.56. The predicted octanol–water partition coefficient (Wildman–Crippen LogP) is 3.22. The highest BCUT2D eigenvalue weighted by Gasteiger charge is 2.31. The zero-order valence-corrected chi connectivity index (χ0v) is 16.0. The van der Waals surface area contributed by atoms with Crippen molar-refractivity contribution >= 4 is 35.8 Å². The van der Waals surface area contributed by atoms with Gasteiger partial charge in [-0.05, 0) is 44.4 Å². The minimum absolute atomic E-state index is 0. The highest BCUT2D eigenvalue weighted by Crippen LogP contribution is 2.29. The molecule has 1 saturated carbocycles. The van der Waals surface area contributed by atoms with E-state index in [4.69, 9.17) is 5.73 Å². The van der Waals surface area contributed by atoms with Crippen molar-refractivity contribution in [1.82, 2.24) is 9.88 Å². The maximum atomic E-state index is 5.99. The second-order valence-electron chi connectivity index (χ2n) is 6.39. The van der Waals surface area contributed by atoms with Crippen LogP contribution in [0.15, 0.2) is 29.4 Å². The molecule has 2 aliphatic rings. The van der Waals surface area contributed by atoms with Crippen molar-refractivity contribution in [2.45, 2.75) is 57.0 Å². The standard InChI is InChI=1S/C17H27N5.HI/c18-17(21-16-10-4-5-11-19-16)20-13-15-9-6-12-22(15)14-7-2-1-3-8-14;/h4-5,10-11,14-15H,1-3,6-9,12-13H2,(H3,18,19,20,21);1H. The minimum atomic E-state index is 0. The van der Waals surface area contributed by atoms with E-state index in [0.717, 1.165) is 18.4 Å². The topological polar surface area (TPSA) is 66.5 Å². The number of nitrogens with zero attached hydrogens (tertiary/aromatic N) is 3. The highest BCUT2D eigenvalue weighted by atomic mass is 127. The fraction of sp³-hybridized carbons (Fsp3) is 0.647. The molecule has 1 aromatic rings. The van der Waals surface area contributed by atoms with Crippen molar-refractivity contribution in [3.8, 4) is 0 Å². The van der Waals surface area contributed by atoms with Crippen molar-refractivity contribution in [2.75, 3.05) is 18.4 Å². The molecule has 0 amide bonds. The summed E-state index contributed by atoms with van der Waals surface area (Å²) in [5.41, 5.74) is 5.99. The molecule has 6 heteroatoms. The van der Waals surface area contributed by atoms with Gasteiger partial charge in [0.05, 0.1) is 6.54 Å². The molecule has 3 rings (SSSR count). The highest BCUT2D eigenvalue weighted by molar-refractivity contribution is 14.0. The number of nitrogens with two attached hydrogens (primary N) is 1. The number of aliphatic imine (C=N–C) groups is 1. The molecule has 0 radical (unpaired) electrons. The number of halogens is 1. The van der Waals surface area contributed by atoms with Gasteiger partial charge in [-0.15, -0.1) is 24.0 Å². The third kappa shape index (κ3) is 5.31. The Kier molecular flexibility index (Phi) is 7.55. The number of likely N-dealkylation sites (tertiary alicyclic amines) is 1. The number of anilines is 1. The molecule has 1 saturated heterocycles. The minimum Gasteiger partial charge on any atom is -0.370 e. The Balaban J connectivity index is 0.00000192. The molecule has 1 atom stereocenters. The first-order chi connectivity index (χ1) is 10.8.